The van der Waals surface area contributed by atoms with Gasteiger partial charge in [-0.1, -0.05) is 6.07 Å². The molecule has 0 unspecified atom stereocenters. The standard InChI is InChI=1S/C21H25N5O2S/c1-14-18(13-24(2)23-14)26-20(27)17(22-21(26)29)11-15-6-7-19(28-3)16(10-15)12-25-8-4-5-9-25/h6-7,10-11,13H,4-5,8-9,12H2,1-3H3,(H,22,29)/b17-11+. The number of nitrogens with one attached hydrogen (secondary N) is 1. The molecule has 152 valence electrons. The molecule has 1 amide bonds. The first kappa shape index (κ1) is 19.6. The summed E-state index contributed by atoms with van der Waals surface area (Å²) in [5.74, 6) is 0.691. The fourth-order valence-electron chi connectivity index (χ4n) is 3.92. The lowest BCUT2D eigenvalue weighted by molar-refractivity contribution is -0.113. The molecule has 0 radical (unpaired) electrons. The Morgan fingerprint density at radius 3 is 2.72 bits per heavy atom. The number of aromatic nitrogens is 2. The highest BCUT2D eigenvalue weighted by atomic mass is 32.1. The Bertz CT molecular complexity index is 991. The molecule has 0 atom stereocenters. The summed E-state index contributed by atoms with van der Waals surface area (Å²) in [4.78, 5) is 16.9. The zero-order chi connectivity index (χ0) is 20.5. The number of thiocarbonyl (C=S) groups is 1. The number of hydrogen-bond acceptors (Lipinski definition) is 5. The van der Waals surface area contributed by atoms with E-state index >= 15 is 0 Å². The van der Waals surface area contributed by atoms with Crippen molar-refractivity contribution in [3.63, 3.8) is 0 Å². The molecule has 1 aromatic carbocycles. The Balaban J connectivity index is 1.61. The quantitative estimate of drug-likeness (QED) is 0.603. The number of hydrogen-bond donors (Lipinski definition) is 1. The normalized spacial score (nSPS) is 18.7. The van der Waals surface area contributed by atoms with Crippen LogP contribution in [0.25, 0.3) is 6.08 Å². The van der Waals surface area contributed by atoms with Crippen LogP contribution in [0.5, 0.6) is 5.75 Å². The number of likely N-dealkylation sites (tertiary alicyclic amines) is 1. The van der Waals surface area contributed by atoms with Crippen molar-refractivity contribution in [2.75, 3.05) is 25.1 Å². The first-order valence-electron chi connectivity index (χ1n) is 9.73. The number of methoxy groups -OCH3 is 1. The summed E-state index contributed by atoms with van der Waals surface area (Å²) in [6.45, 7) is 4.94. The number of amides is 1. The van der Waals surface area contributed by atoms with Gasteiger partial charge in [0.05, 0.1) is 18.5 Å². The molecule has 3 heterocycles. The molecule has 1 N–H and O–H groups in total. The molecule has 0 aliphatic carbocycles. The highest BCUT2D eigenvalue weighted by molar-refractivity contribution is 7.80. The molecular weight excluding hydrogens is 386 g/mol. The molecular formula is C21H25N5O2S. The first-order valence-corrected chi connectivity index (χ1v) is 10.1. The van der Waals surface area contributed by atoms with E-state index in [1.165, 1.54) is 17.7 Å². The van der Waals surface area contributed by atoms with Gasteiger partial charge in [-0.05, 0) is 68.8 Å². The molecule has 8 heteroatoms. The number of carbonyl (C=O) groups excluding carboxylic acids is 1. The molecule has 0 spiro atoms. The van der Waals surface area contributed by atoms with Crippen LogP contribution in [-0.4, -0.2) is 45.9 Å². The molecule has 2 aromatic rings. The SMILES string of the molecule is COc1ccc(/C=C2/NC(=S)N(c3cn(C)nc3C)C2=O)cc1CN1CCCC1. The third-order valence-electron chi connectivity index (χ3n) is 5.31. The summed E-state index contributed by atoms with van der Waals surface area (Å²) in [6.07, 6.45) is 6.12. The number of anilines is 1. The lowest BCUT2D eigenvalue weighted by atomic mass is 10.1. The second-order valence-electron chi connectivity index (χ2n) is 7.46. The van der Waals surface area contributed by atoms with Gasteiger partial charge < -0.3 is 10.1 Å². The van der Waals surface area contributed by atoms with Crippen LogP contribution in [0.1, 0.15) is 29.7 Å². The van der Waals surface area contributed by atoms with Crippen molar-refractivity contribution < 1.29 is 9.53 Å². The average molecular weight is 412 g/mol. The first-order chi connectivity index (χ1) is 14.0. The van der Waals surface area contributed by atoms with Gasteiger partial charge in [0.2, 0.25) is 0 Å². The Hall–Kier alpha value is -2.71. The Labute approximate surface area is 175 Å². The molecule has 2 saturated heterocycles. The number of benzene rings is 1. The van der Waals surface area contributed by atoms with Crippen LogP contribution in [0.3, 0.4) is 0 Å². The Morgan fingerprint density at radius 2 is 2.07 bits per heavy atom. The molecule has 0 saturated carbocycles. The van der Waals surface area contributed by atoms with Gasteiger partial charge in [0.15, 0.2) is 5.11 Å². The van der Waals surface area contributed by atoms with Gasteiger partial charge >= 0.3 is 0 Å². The van der Waals surface area contributed by atoms with Gasteiger partial charge in [0.25, 0.3) is 5.91 Å². The van der Waals surface area contributed by atoms with Crippen LogP contribution in [0.2, 0.25) is 0 Å². The zero-order valence-electron chi connectivity index (χ0n) is 16.9. The van der Waals surface area contributed by atoms with Crippen LogP contribution in [0.15, 0.2) is 30.1 Å². The maximum absolute atomic E-state index is 13.0. The molecule has 1 aromatic heterocycles. The van der Waals surface area contributed by atoms with E-state index in [1.54, 1.807) is 18.0 Å². The number of rotatable bonds is 5. The minimum atomic E-state index is -0.178. The second kappa shape index (κ2) is 7.96. The zero-order valence-corrected chi connectivity index (χ0v) is 17.8. The minimum absolute atomic E-state index is 0.178. The van der Waals surface area contributed by atoms with Crippen molar-refractivity contribution >= 4 is 35.0 Å². The van der Waals surface area contributed by atoms with Gasteiger partial charge in [-0.3, -0.25) is 14.4 Å². The van der Waals surface area contributed by atoms with Gasteiger partial charge in [0, 0.05) is 25.4 Å². The molecule has 0 bridgehead atoms. The van der Waals surface area contributed by atoms with Gasteiger partial charge in [0.1, 0.15) is 11.4 Å². The molecule has 2 aliphatic rings. The number of aryl methyl sites for hydroxylation is 2. The van der Waals surface area contributed by atoms with E-state index in [4.69, 9.17) is 17.0 Å². The van der Waals surface area contributed by atoms with E-state index in [0.29, 0.717) is 16.5 Å². The number of nitrogens with zero attached hydrogens (tertiary/aromatic N) is 4. The van der Waals surface area contributed by atoms with E-state index < -0.39 is 0 Å². The van der Waals surface area contributed by atoms with Gasteiger partial charge in [-0.15, -0.1) is 0 Å². The van der Waals surface area contributed by atoms with Crippen molar-refractivity contribution in [3.8, 4) is 5.75 Å². The summed E-state index contributed by atoms with van der Waals surface area (Å²) in [7, 11) is 3.51. The van der Waals surface area contributed by atoms with E-state index in [9.17, 15) is 4.79 Å². The lowest BCUT2D eigenvalue weighted by Gasteiger charge is -2.17. The molecule has 2 fully saturated rings. The highest BCUT2D eigenvalue weighted by Crippen LogP contribution is 2.27. The third kappa shape index (κ3) is 3.90. The second-order valence-corrected chi connectivity index (χ2v) is 7.84. The summed E-state index contributed by atoms with van der Waals surface area (Å²) in [6, 6.07) is 5.99. The molecule has 4 rings (SSSR count). The van der Waals surface area contributed by atoms with Crippen LogP contribution in [0, 0.1) is 6.92 Å². The fourth-order valence-corrected chi connectivity index (χ4v) is 4.21. The predicted octanol–water partition coefficient (Wildman–Crippen LogP) is 2.60. The maximum atomic E-state index is 13.0. The Morgan fingerprint density at radius 1 is 1.31 bits per heavy atom. The number of ether oxygens (including phenoxy) is 1. The predicted molar refractivity (Wildman–Crippen MR) is 117 cm³/mol. The summed E-state index contributed by atoms with van der Waals surface area (Å²) in [5, 5.41) is 7.72. The van der Waals surface area contributed by atoms with Crippen LogP contribution in [-0.2, 0) is 18.4 Å². The van der Waals surface area contributed by atoms with Crippen molar-refractivity contribution in [3.05, 3.63) is 46.9 Å². The van der Waals surface area contributed by atoms with Crippen molar-refractivity contribution in [2.45, 2.75) is 26.3 Å². The monoisotopic (exact) mass is 411 g/mol. The van der Waals surface area contributed by atoms with Crippen molar-refractivity contribution in [1.29, 1.82) is 0 Å². The van der Waals surface area contributed by atoms with Crippen LogP contribution in [0.4, 0.5) is 5.69 Å². The molecule has 7 nitrogen and oxygen atoms in total. The number of carbonyl (C=O) groups is 1. The van der Waals surface area contributed by atoms with E-state index in [1.807, 2.05) is 32.2 Å². The van der Waals surface area contributed by atoms with Crippen molar-refractivity contribution in [1.82, 2.24) is 20.0 Å². The topological polar surface area (TPSA) is 62.6 Å². The average Bonchev–Trinajstić information content (AvgIpc) is 3.37. The van der Waals surface area contributed by atoms with Crippen molar-refractivity contribution in [2.24, 2.45) is 7.05 Å². The van der Waals surface area contributed by atoms with E-state index in [-0.39, 0.29) is 5.91 Å². The third-order valence-corrected chi connectivity index (χ3v) is 5.60. The summed E-state index contributed by atoms with van der Waals surface area (Å²) < 4.78 is 7.22. The minimum Gasteiger partial charge on any atom is -0.496 e. The van der Waals surface area contributed by atoms with Gasteiger partial charge in [-0.2, -0.15) is 5.10 Å². The van der Waals surface area contributed by atoms with Crippen LogP contribution < -0.4 is 15.0 Å². The molecule has 29 heavy (non-hydrogen) atoms. The fraction of sp³-hybridized carbons (Fsp3) is 0.381. The summed E-state index contributed by atoms with van der Waals surface area (Å²) in [5.41, 5.74) is 3.96. The van der Waals surface area contributed by atoms with Crippen LogP contribution >= 0.6 is 12.2 Å². The lowest BCUT2D eigenvalue weighted by Crippen LogP contribution is -2.30. The Kier molecular flexibility index (Phi) is 5.38. The highest BCUT2D eigenvalue weighted by Gasteiger charge is 2.34. The van der Waals surface area contributed by atoms with E-state index in [0.717, 1.165) is 42.2 Å². The largest absolute Gasteiger partial charge is 0.496 e. The smallest absolute Gasteiger partial charge is 0.281 e. The molecule has 2 aliphatic heterocycles. The van der Waals surface area contributed by atoms with E-state index in [2.05, 4.69) is 21.4 Å². The van der Waals surface area contributed by atoms with Gasteiger partial charge in [-0.25, -0.2) is 4.90 Å². The summed E-state index contributed by atoms with van der Waals surface area (Å²) >= 11 is 5.41. The maximum Gasteiger partial charge on any atom is 0.281 e.